The van der Waals surface area contributed by atoms with E-state index in [9.17, 15) is 4.79 Å². The molecule has 1 fully saturated rings. The zero-order valence-electron chi connectivity index (χ0n) is 12.3. The Kier molecular flexibility index (Phi) is 5.27. The molecule has 4 nitrogen and oxygen atoms in total. The van der Waals surface area contributed by atoms with Crippen molar-refractivity contribution in [3.05, 3.63) is 29.8 Å². The van der Waals surface area contributed by atoms with Crippen LogP contribution in [-0.4, -0.2) is 19.2 Å². The lowest BCUT2D eigenvalue weighted by Gasteiger charge is -2.24. The number of methoxy groups -OCH3 is 1. The third-order valence-corrected chi connectivity index (χ3v) is 3.88. The standard InChI is InChI=1S/C16H24N2O2/c1-12(13-7-6-10-15(11-13)20-2)17-16(19)18-14-8-4-3-5-9-14/h6-7,10-12,14H,3-5,8-9H2,1-2H3,(H2,17,18,19)/t12-/m1/s1. The van der Waals surface area contributed by atoms with E-state index in [-0.39, 0.29) is 12.1 Å². The first-order chi connectivity index (χ1) is 9.69. The number of hydrogen-bond donors (Lipinski definition) is 2. The first-order valence-electron chi connectivity index (χ1n) is 7.40. The Morgan fingerprint density at radius 1 is 1.30 bits per heavy atom. The molecule has 0 unspecified atom stereocenters. The Hall–Kier alpha value is -1.71. The molecule has 1 atom stereocenters. The fourth-order valence-electron chi connectivity index (χ4n) is 2.66. The van der Waals surface area contributed by atoms with Gasteiger partial charge >= 0.3 is 6.03 Å². The first-order valence-corrected chi connectivity index (χ1v) is 7.40. The third kappa shape index (κ3) is 4.15. The molecular weight excluding hydrogens is 252 g/mol. The van der Waals surface area contributed by atoms with Crippen LogP contribution in [0.4, 0.5) is 4.79 Å². The minimum absolute atomic E-state index is 0.0336. The van der Waals surface area contributed by atoms with E-state index in [2.05, 4.69) is 10.6 Å². The fraction of sp³-hybridized carbons (Fsp3) is 0.562. The Balaban J connectivity index is 1.86. The van der Waals surface area contributed by atoms with E-state index >= 15 is 0 Å². The van der Waals surface area contributed by atoms with Crippen molar-refractivity contribution in [2.45, 2.75) is 51.1 Å². The van der Waals surface area contributed by atoms with Gasteiger partial charge in [0.2, 0.25) is 0 Å². The number of amides is 2. The van der Waals surface area contributed by atoms with Gasteiger partial charge in [-0.1, -0.05) is 31.4 Å². The van der Waals surface area contributed by atoms with Crippen LogP contribution in [0.25, 0.3) is 0 Å². The van der Waals surface area contributed by atoms with Crippen LogP contribution in [0, 0.1) is 0 Å². The van der Waals surface area contributed by atoms with Gasteiger partial charge in [-0.3, -0.25) is 0 Å². The van der Waals surface area contributed by atoms with Crippen LogP contribution < -0.4 is 15.4 Å². The molecule has 110 valence electrons. The van der Waals surface area contributed by atoms with Gasteiger partial charge in [-0.15, -0.1) is 0 Å². The van der Waals surface area contributed by atoms with E-state index < -0.39 is 0 Å². The van der Waals surface area contributed by atoms with Crippen molar-refractivity contribution in [3.63, 3.8) is 0 Å². The summed E-state index contributed by atoms with van der Waals surface area (Å²) in [6, 6.07) is 8.01. The second-order valence-corrected chi connectivity index (χ2v) is 5.45. The van der Waals surface area contributed by atoms with Gasteiger partial charge in [0.05, 0.1) is 13.2 Å². The summed E-state index contributed by atoms with van der Waals surface area (Å²) < 4.78 is 5.20. The van der Waals surface area contributed by atoms with Crippen LogP contribution in [0.5, 0.6) is 5.75 Å². The molecule has 1 aliphatic rings. The summed E-state index contributed by atoms with van der Waals surface area (Å²) in [6.07, 6.45) is 5.93. The predicted molar refractivity (Wildman–Crippen MR) is 79.9 cm³/mol. The first kappa shape index (κ1) is 14.7. The molecule has 4 heteroatoms. The molecule has 0 spiro atoms. The molecule has 2 rings (SSSR count). The maximum atomic E-state index is 12.0. The van der Waals surface area contributed by atoms with Gasteiger partial charge in [-0.25, -0.2) is 4.79 Å². The quantitative estimate of drug-likeness (QED) is 0.885. The molecule has 0 aliphatic heterocycles. The van der Waals surface area contributed by atoms with Gasteiger partial charge in [-0.05, 0) is 37.5 Å². The summed E-state index contributed by atoms with van der Waals surface area (Å²) in [6.45, 7) is 1.98. The molecule has 0 radical (unpaired) electrons. The van der Waals surface area contributed by atoms with Crippen molar-refractivity contribution in [2.24, 2.45) is 0 Å². The highest BCUT2D eigenvalue weighted by Crippen LogP contribution is 2.19. The van der Waals surface area contributed by atoms with Crippen LogP contribution in [-0.2, 0) is 0 Å². The largest absolute Gasteiger partial charge is 0.497 e. The summed E-state index contributed by atoms with van der Waals surface area (Å²) in [7, 11) is 1.65. The van der Waals surface area contributed by atoms with E-state index in [1.165, 1.54) is 19.3 Å². The number of benzene rings is 1. The van der Waals surface area contributed by atoms with Crippen molar-refractivity contribution >= 4 is 6.03 Å². The third-order valence-electron chi connectivity index (χ3n) is 3.88. The van der Waals surface area contributed by atoms with E-state index in [4.69, 9.17) is 4.74 Å². The number of ether oxygens (including phenoxy) is 1. The molecule has 1 aromatic carbocycles. The fourth-order valence-corrected chi connectivity index (χ4v) is 2.66. The van der Waals surface area contributed by atoms with Gasteiger partial charge < -0.3 is 15.4 Å². The predicted octanol–water partition coefficient (Wildman–Crippen LogP) is 3.39. The zero-order valence-corrected chi connectivity index (χ0v) is 12.3. The van der Waals surface area contributed by atoms with Crippen LogP contribution >= 0.6 is 0 Å². The van der Waals surface area contributed by atoms with E-state index in [1.807, 2.05) is 31.2 Å². The molecule has 1 aromatic rings. The highest BCUT2D eigenvalue weighted by atomic mass is 16.5. The van der Waals surface area contributed by atoms with Crippen molar-refractivity contribution < 1.29 is 9.53 Å². The average Bonchev–Trinajstić information content (AvgIpc) is 2.48. The lowest BCUT2D eigenvalue weighted by atomic mass is 9.96. The Bertz CT molecular complexity index is 442. The maximum Gasteiger partial charge on any atom is 0.315 e. The molecule has 20 heavy (non-hydrogen) atoms. The minimum atomic E-state index is -0.0766. The molecule has 0 heterocycles. The Morgan fingerprint density at radius 2 is 2.05 bits per heavy atom. The number of rotatable bonds is 4. The molecule has 0 aromatic heterocycles. The molecule has 1 saturated carbocycles. The monoisotopic (exact) mass is 276 g/mol. The smallest absolute Gasteiger partial charge is 0.315 e. The van der Waals surface area contributed by atoms with Crippen molar-refractivity contribution in [3.8, 4) is 5.75 Å². The topological polar surface area (TPSA) is 50.4 Å². The number of carbonyl (C=O) groups excluding carboxylic acids is 1. The molecule has 0 bridgehead atoms. The van der Waals surface area contributed by atoms with Crippen LogP contribution in [0.3, 0.4) is 0 Å². The van der Waals surface area contributed by atoms with Gasteiger partial charge in [0, 0.05) is 6.04 Å². The van der Waals surface area contributed by atoms with Gasteiger partial charge in [0.1, 0.15) is 5.75 Å². The molecule has 2 N–H and O–H groups in total. The summed E-state index contributed by atoms with van der Waals surface area (Å²) >= 11 is 0. The normalized spacial score (nSPS) is 17.3. The molecule has 0 saturated heterocycles. The minimum Gasteiger partial charge on any atom is -0.497 e. The van der Waals surface area contributed by atoms with Gasteiger partial charge in [0.15, 0.2) is 0 Å². The molecule has 1 aliphatic carbocycles. The van der Waals surface area contributed by atoms with E-state index in [1.54, 1.807) is 7.11 Å². The van der Waals surface area contributed by atoms with Crippen LogP contribution in [0.1, 0.15) is 50.6 Å². The summed E-state index contributed by atoms with van der Waals surface area (Å²) in [5.74, 6) is 0.809. The highest BCUT2D eigenvalue weighted by molar-refractivity contribution is 5.74. The lowest BCUT2D eigenvalue weighted by molar-refractivity contribution is 0.229. The number of urea groups is 1. The van der Waals surface area contributed by atoms with E-state index in [0.29, 0.717) is 6.04 Å². The number of hydrogen-bond acceptors (Lipinski definition) is 2. The van der Waals surface area contributed by atoms with Gasteiger partial charge in [0.25, 0.3) is 0 Å². The van der Waals surface area contributed by atoms with Crippen molar-refractivity contribution in [1.82, 2.24) is 10.6 Å². The van der Waals surface area contributed by atoms with Crippen LogP contribution in [0.15, 0.2) is 24.3 Å². The Labute approximate surface area is 120 Å². The van der Waals surface area contributed by atoms with Crippen molar-refractivity contribution in [2.75, 3.05) is 7.11 Å². The highest BCUT2D eigenvalue weighted by Gasteiger charge is 2.17. The summed E-state index contributed by atoms with van der Waals surface area (Å²) in [5.41, 5.74) is 1.04. The van der Waals surface area contributed by atoms with Crippen molar-refractivity contribution in [1.29, 1.82) is 0 Å². The maximum absolute atomic E-state index is 12.0. The summed E-state index contributed by atoms with van der Waals surface area (Å²) in [4.78, 5) is 12.0. The lowest BCUT2D eigenvalue weighted by Crippen LogP contribution is -2.43. The second-order valence-electron chi connectivity index (χ2n) is 5.45. The van der Waals surface area contributed by atoms with Gasteiger partial charge in [-0.2, -0.15) is 0 Å². The zero-order chi connectivity index (χ0) is 14.4. The number of carbonyl (C=O) groups is 1. The number of nitrogens with one attached hydrogen (secondary N) is 2. The Morgan fingerprint density at radius 3 is 2.75 bits per heavy atom. The SMILES string of the molecule is COc1cccc([C@@H](C)NC(=O)NC2CCCCC2)c1. The van der Waals surface area contributed by atoms with Crippen LogP contribution in [0.2, 0.25) is 0 Å². The second kappa shape index (κ2) is 7.17. The molecule has 2 amide bonds. The average molecular weight is 276 g/mol. The van der Waals surface area contributed by atoms with E-state index in [0.717, 1.165) is 24.2 Å². The molecular formula is C16H24N2O2. The summed E-state index contributed by atoms with van der Waals surface area (Å²) in [5, 5.41) is 6.06.